The summed E-state index contributed by atoms with van der Waals surface area (Å²) >= 11 is 6.13. The second-order valence-electron chi connectivity index (χ2n) is 6.73. The number of rotatable bonds is 7. The zero-order chi connectivity index (χ0) is 22.2. The zero-order valence-corrected chi connectivity index (χ0v) is 17.8. The number of hydrazone groups is 1. The van der Waals surface area contributed by atoms with Gasteiger partial charge in [-0.15, -0.1) is 0 Å². The molecule has 31 heavy (non-hydrogen) atoms. The lowest BCUT2D eigenvalue weighted by atomic mass is 10.1. The van der Waals surface area contributed by atoms with Crippen molar-refractivity contribution < 1.29 is 14.6 Å². The molecule has 7 nitrogen and oxygen atoms in total. The Morgan fingerprint density at radius 3 is 2.42 bits per heavy atom. The fraction of sp³-hybridized carbons (Fsp3) is 0.130. The van der Waals surface area contributed by atoms with Gasteiger partial charge in [0.15, 0.2) is 6.61 Å². The van der Waals surface area contributed by atoms with E-state index in [2.05, 4.69) is 20.8 Å². The van der Waals surface area contributed by atoms with Crippen molar-refractivity contribution in [3.05, 3.63) is 82.4 Å². The van der Waals surface area contributed by atoms with Gasteiger partial charge in [0.25, 0.3) is 5.91 Å². The van der Waals surface area contributed by atoms with Crippen LogP contribution in [0.25, 0.3) is 0 Å². The Labute approximate surface area is 185 Å². The Bertz CT molecular complexity index is 1110. The Balaban J connectivity index is 1.57. The van der Waals surface area contributed by atoms with E-state index in [0.717, 1.165) is 11.1 Å². The maximum atomic E-state index is 12.0. The maximum Gasteiger partial charge on any atom is 0.277 e. The van der Waals surface area contributed by atoms with Gasteiger partial charge in [-0.1, -0.05) is 29.8 Å². The van der Waals surface area contributed by atoms with E-state index in [1.807, 2.05) is 44.2 Å². The summed E-state index contributed by atoms with van der Waals surface area (Å²) in [4.78, 5) is 12.0. The number of carbonyl (C=O) groups is 1. The molecule has 158 valence electrons. The van der Waals surface area contributed by atoms with Gasteiger partial charge in [0.05, 0.1) is 17.6 Å². The van der Waals surface area contributed by atoms with Crippen molar-refractivity contribution in [3.63, 3.8) is 0 Å². The first kappa shape index (κ1) is 22.0. The summed E-state index contributed by atoms with van der Waals surface area (Å²) in [5.41, 5.74) is 5.73. The predicted molar refractivity (Wildman–Crippen MR) is 121 cm³/mol. The Morgan fingerprint density at radius 2 is 1.71 bits per heavy atom. The Hall–Kier alpha value is -3.71. The fourth-order valence-electron chi connectivity index (χ4n) is 2.66. The molecule has 0 fully saturated rings. The molecule has 0 unspecified atom stereocenters. The summed E-state index contributed by atoms with van der Waals surface area (Å²) in [5.74, 6) is 0.105. The zero-order valence-electron chi connectivity index (χ0n) is 17.0. The number of halogens is 1. The highest BCUT2D eigenvalue weighted by atomic mass is 35.5. The molecule has 0 bridgehead atoms. The molecular weight excluding hydrogens is 416 g/mol. The maximum absolute atomic E-state index is 12.0. The van der Waals surface area contributed by atoms with E-state index in [1.54, 1.807) is 24.3 Å². The van der Waals surface area contributed by atoms with E-state index >= 15 is 0 Å². The van der Waals surface area contributed by atoms with Gasteiger partial charge in [-0.2, -0.15) is 15.3 Å². The van der Waals surface area contributed by atoms with Crippen molar-refractivity contribution in [1.29, 1.82) is 0 Å². The van der Waals surface area contributed by atoms with Crippen LogP contribution in [-0.2, 0) is 4.79 Å². The highest BCUT2D eigenvalue weighted by Crippen LogP contribution is 2.26. The molecule has 2 N–H and O–H groups in total. The van der Waals surface area contributed by atoms with Gasteiger partial charge in [0, 0.05) is 10.6 Å². The first-order valence-corrected chi connectivity index (χ1v) is 9.81. The number of ether oxygens (including phenoxy) is 1. The Morgan fingerprint density at radius 1 is 1.03 bits per heavy atom. The van der Waals surface area contributed by atoms with Gasteiger partial charge in [0.2, 0.25) is 0 Å². The molecule has 0 heterocycles. The van der Waals surface area contributed by atoms with Crippen LogP contribution in [0.3, 0.4) is 0 Å². The van der Waals surface area contributed by atoms with Gasteiger partial charge in [-0.3, -0.25) is 4.79 Å². The molecule has 0 saturated carbocycles. The minimum atomic E-state index is -0.444. The van der Waals surface area contributed by atoms with Crippen molar-refractivity contribution in [1.82, 2.24) is 5.43 Å². The molecule has 3 aromatic rings. The average Bonchev–Trinajstić information content (AvgIpc) is 2.77. The predicted octanol–water partition coefficient (Wildman–Crippen LogP) is 5.61. The lowest BCUT2D eigenvalue weighted by Gasteiger charge is -2.09. The molecule has 8 heteroatoms. The summed E-state index contributed by atoms with van der Waals surface area (Å²) in [6.45, 7) is 3.52. The third-order valence-electron chi connectivity index (χ3n) is 4.22. The van der Waals surface area contributed by atoms with Gasteiger partial charge in [-0.25, -0.2) is 5.43 Å². The van der Waals surface area contributed by atoms with Crippen LogP contribution in [0.5, 0.6) is 11.5 Å². The average molecular weight is 437 g/mol. The number of amides is 1. The van der Waals surface area contributed by atoms with Crippen LogP contribution >= 0.6 is 11.6 Å². The smallest absolute Gasteiger partial charge is 0.277 e. The number of nitrogens with one attached hydrogen (secondary N) is 1. The number of hydrogen-bond donors (Lipinski definition) is 2. The van der Waals surface area contributed by atoms with Crippen molar-refractivity contribution in [3.8, 4) is 11.5 Å². The molecule has 0 atom stereocenters. The van der Waals surface area contributed by atoms with Crippen LogP contribution < -0.4 is 10.2 Å². The molecule has 3 aromatic carbocycles. The monoisotopic (exact) mass is 436 g/mol. The minimum Gasteiger partial charge on any atom is -0.507 e. The second-order valence-corrected chi connectivity index (χ2v) is 7.11. The number of phenols is 1. The van der Waals surface area contributed by atoms with E-state index in [4.69, 9.17) is 16.3 Å². The number of aromatic hydroxyl groups is 1. The van der Waals surface area contributed by atoms with Crippen molar-refractivity contribution >= 4 is 35.1 Å². The highest BCUT2D eigenvalue weighted by Gasteiger charge is 2.06. The number of hydrogen-bond acceptors (Lipinski definition) is 6. The van der Waals surface area contributed by atoms with Crippen LogP contribution in [0.15, 0.2) is 76.0 Å². The van der Waals surface area contributed by atoms with Crippen molar-refractivity contribution in [2.45, 2.75) is 13.8 Å². The lowest BCUT2D eigenvalue weighted by Crippen LogP contribution is -2.24. The number of azo groups is 1. The van der Waals surface area contributed by atoms with E-state index in [9.17, 15) is 9.90 Å². The van der Waals surface area contributed by atoms with E-state index in [1.165, 1.54) is 12.3 Å². The van der Waals surface area contributed by atoms with Crippen molar-refractivity contribution in [2.24, 2.45) is 15.3 Å². The van der Waals surface area contributed by atoms with Gasteiger partial charge in [0.1, 0.15) is 11.5 Å². The normalized spacial score (nSPS) is 11.2. The second kappa shape index (κ2) is 10.4. The van der Waals surface area contributed by atoms with E-state index in [-0.39, 0.29) is 12.4 Å². The van der Waals surface area contributed by atoms with Crippen LogP contribution in [0, 0.1) is 13.8 Å². The summed E-state index contributed by atoms with van der Waals surface area (Å²) < 4.78 is 5.48. The highest BCUT2D eigenvalue weighted by molar-refractivity contribution is 6.32. The van der Waals surface area contributed by atoms with Crippen LogP contribution in [-0.4, -0.2) is 23.8 Å². The number of carbonyl (C=O) groups excluding carboxylic acids is 1. The molecule has 0 aliphatic heterocycles. The fourth-order valence-corrected chi connectivity index (χ4v) is 2.77. The summed E-state index contributed by atoms with van der Waals surface area (Å²) in [6, 6.07) is 17.5. The van der Waals surface area contributed by atoms with E-state index < -0.39 is 5.91 Å². The quantitative estimate of drug-likeness (QED) is 0.286. The van der Waals surface area contributed by atoms with Gasteiger partial charge >= 0.3 is 0 Å². The molecule has 0 aromatic heterocycles. The third-order valence-corrected chi connectivity index (χ3v) is 4.82. The summed E-state index contributed by atoms with van der Waals surface area (Å²) in [5, 5.41) is 22.8. The number of aryl methyl sites for hydroxylation is 2. The molecule has 0 radical (unpaired) electrons. The van der Waals surface area contributed by atoms with Crippen LogP contribution in [0.2, 0.25) is 5.02 Å². The molecule has 0 spiro atoms. The molecular formula is C23H21ClN4O3. The molecule has 0 aliphatic carbocycles. The van der Waals surface area contributed by atoms with Crippen molar-refractivity contribution in [2.75, 3.05) is 6.61 Å². The lowest BCUT2D eigenvalue weighted by molar-refractivity contribution is -0.123. The number of benzene rings is 3. The molecule has 0 aliphatic rings. The van der Waals surface area contributed by atoms with Gasteiger partial charge < -0.3 is 9.84 Å². The number of phenolic OH excluding ortho intramolecular Hbond substituents is 1. The van der Waals surface area contributed by atoms with E-state index in [0.29, 0.717) is 27.7 Å². The molecule has 1 amide bonds. The van der Waals surface area contributed by atoms with Crippen LogP contribution in [0.1, 0.15) is 16.7 Å². The molecule has 3 rings (SSSR count). The standard InChI is InChI=1S/C23H21ClN4O3/c1-15-10-20(11-16(2)23(15)24)31-14-22(30)28-25-13-17-12-19(8-9-21(17)29)27-26-18-6-4-3-5-7-18/h3-13,29H,14H2,1-2H3,(H,28,30). The largest absolute Gasteiger partial charge is 0.507 e. The summed E-state index contributed by atoms with van der Waals surface area (Å²) in [6.07, 6.45) is 1.32. The SMILES string of the molecule is Cc1cc(OCC(=O)NN=Cc2cc(N=Nc3ccccc3)ccc2O)cc(C)c1Cl. The summed E-state index contributed by atoms with van der Waals surface area (Å²) in [7, 11) is 0. The third kappa shape index (κ3) is 6.38. The van der Waals surface area contributed by atoms with Gasteiger partial charge in [-0.05, 0) is 67.4 Å². The number of nitrogens with zero attached hydrogens (tertiary/aromatic N) is 3. The Kier molecular flexibility index (Phi) is 7.35. The first-order valence-electron chi connectivity index (χ1n) is 9.43. The molecule has 0 saturated heterocycles. The topological polar surface area (TPSA) is 95.6 Å². The van der Waals surface area contributed by atoms with Crippen LogP contribution in [0.4, 0.5) is 11.4 Å². The first-order chi connectivity index (χ1) is 14.9. The minimum absolute atomic E-state index is 0.0000229.